The summed E-state index contributed by atoms with van der Waals surface area (Å²) in [5.74, 6) is 0.535. The summed E-state index contributed by atoms with van der Waals surface area (Å²) in [7, 11) is 3.72. The first-order valence-corrected chi connectivity index (χ1v) is 4.48. The molecule has 0 saturated carbocycles. The van der Waals surface area contributed by atoms with E-state index in [4.69, 9.17) is 4.74 Å². The van der Waals surface area contributed by atoms with Gasteiger partial charge < -0.3 is 10.1 Å². The summed E-state index contributed by atoms with van der Waals surface area (Å²) in [6.45, 7) is 8.07. The number of hydrogen-bond donors (Lipinski definition) is 1. The number of likely N-dealkylation sites (N-methyl/N-ethyl adjacent to an activating group) is 1. The first kappa shape index (κ1) is 11.7. The summed E-state index contributed by atoms with van der Waals surface area (Å²) in [4.78, 5) is 0. The van der Waals surface area contributed by atoms with Gasteiger partial charge in [-0.15, -0.1) is 6.58 Å². The van der Waals surface area contributed by atoms with Gasteiger partial charge in [0.2, 0.25) is 0 Å². The van der Waals surface area contributed by atoms with E-state index in [1.807, 2.05) is 13.1 Å². The van der Waals surface area contributed by atoms with Crippen LogP contribution >= 0.6 is 0 Å². The minimum absolute atomic E-state index is 0.271. The Hall–Kier alpha value is -0.340. The molecule has 1 N–H and O–H groups in total. The third-order valence-corrected chi connectivity index (χ3v) is 2.12. The molecule has 0 aromatic rings. The SMILES string of the molecule is C=CCC(NC)C(OC)C(C)C. The van der Waals surface area contributed by atoms with Gasteiger partial charge in [0, 0.05) is 13.2 Å². The second kappa shape index (κ2) is 6.21. The third kappa shape index (κ3) is 3.37. The zero-order chi connectivity index (χ0) is 9.56. The lowest BCUT2D eigenvalue weighted by molar-refractivity contribution is 0.0361. The number of hydrogen-bond acceptors (Lipinski definition) is 2. The molecule has 0 radical (unpaired) electrons. The fourth-order valence-electron chi connectivity index (χ4n) is 1.50. The highest BCUT2D eigenvalue weighted by molar-refractivity contribution is 4.84. The van der Waals surface area contributed by atoms with Crippen molar-refractivity contribution in [2.24, 2.45) is 5.92 Å². The quantitative estimate of drug-likeness (QED) is 0.615. The molecule has 0 aromatic carbocycles. The van der Waals surface area contributed by atoms with E-state index in [9.17, 15) is 0 Å². The van der Waals surface area contributed by atoms with Crippen molar-refractivity contribution in [2.45, 2.75) is 32.4 Å². The molecule has 2 unspecified atom stereocenters. The van der Waals surface area contributed by atoms with Crippen LogP contribution in [-0.4, -0.2) is 26.3 Å². The van der Waals surface area contributed by atoms with Crippen molar-refractivity contribution >= 4 is 0 Å². The van der Waals surface area contributed by atoms with Gasteiger partial charge in [0.05, 0.1) is 6.10 Å². The topological polar surface area (TPSA) is 21.3 Å². The molecule has 0 amide bonds. The number of rotatable bonds is 6. The van der Waals surface area contributed by atoms with Crippen LogP contribution in [0.3, 0.4) is 0 Å². The van der Waals surface area contributed by atoms with E-state index >= 15 is 0 Å². The summed E-state index contributed by atoms with van der Waals surface area (Å²) < 4.78 is 5.41. The maximum atomic E-state index is 5.41. The third-order valence-electron chi connectivity index (χ3n) is 2.12. The van der Waals surface area contributed by atoms with Gasteiger partial charge in [0.15, 0.2) is 0 Å². The Bertz CT molecular complexity index is 123. The van der Waals surface area contributed by atoms with Gasteiger partial charge in [0.1, 0.15) is 0 Å². The molecule has 0 heterocycles. The van der Waals surface area contributed by atoms with Crippen LogP contribution in [0.25, 0.3) is 0 Å². The van der Waals surface area contributed by atoms with E-state index in [-0.39, 0.29) is 6.10 Å². The summed E-state index contributed by atoms with van der Waals surface area (Å²) in [6.07, 6.45) is 3.15. The first-order valence-electron chi connectivity index (χ1n) is 4.48. The van der Waals surface area contributed by atoms with Crippen LogP contribution in [-0.2, 0) is 4.74 Å². The molecule has 0 aromatic heterocycles. The molecule has 72 valence electrons. The van der Waals surface area contributed by atoms with E-state index < -0.39 is 0 Å². The molecule has 0 rings (SSSR count). The smallest absolute Gasteiger partial charge is 0.0749 e. The maximum absolute atomic E-state index is 5.41. The van der Waals surface area contributed by atoms with Crippen LogP contribution in [0.5, 0.6) is 0 Å². The number of nitrogens with one attached hydrogen (secondary N) is 1. The van der Waals surface area contributed by atoms with Crippen molar-refractivity contribution < 1.29 is 4.74 Å². The maximum Gasteiger partial charge on any atom is 0.0749 e. The Morgan fingerprint density at radius 1 is 1.50 bits per heavy atom. The normalized spacial score (nSPS) is 16.1. The molecule has 2 nitrogen and oxygen atoms in total. The highest BCUT2D eigenvalue weighted by Gasteiger charge is 2.21. The van der Waals surface area contributed by atoms with Crippen LogP contribution in [0.15, 0.2) is 12.7 Å². The molecular weight excluding hydrogens is 150 g/mol. The van der Waals surface area contributed by atoms with Crippen LogP contribution in [0.2, 0.25) is 0 Å². The predicted octanol–water partition coefficient (Wildman–Crippen LogP) is 1.82. The molecule has 0 aliphatic rings. The van der Waals surface area contributed by atoms with E-state index in [1.165, 1.54) is 0 Å². The Balaban J connectivity index is 4.11. The van der Waals surface area contributed by atoms with E-state index in [2.05, 4.69) is 25.7 Å². The monoisotopic (exact) mass is 171 g/mol. The van der Waals surface area contributed by atoms with E-state index in [0.29, 0.717) is 12.0 Å². The van der Waals surface area contributed by atoms with Gasteiger partial charge in [-0.3, -0.25) is 0 Å². The largest absolute Gasteiger partial charge is 0.380 e. The molecule has 0 bridgehead atoms. The summed E-state index contributed by atoms with van der Waals surface area (Å²) >= 11 is 0. The lowest BCUT2D eigenvalue weighted by atomic mass is 9.97. The minimum atomic E-state index is 0.271. The molecular formula is C10H21NO. The summed E-state index contributed by atoms with van der Waals surface area (Å²) in [5.41, 5.74) is 0. The average Bonchev–Trinajstić information content (AvgIpc) is 2.03. The molecule has 0 fully saturated rings. The van der Waals surface area contributed by atoms with Crippen molar-refractivity contribution in [1.82, 2.24) is 5.32 Å². The fraction of sp³-hybridized carbons (Fsp3) is 0.800. The molecule has 2 atom stereocenters. The zero-order valence-corrected chi connectivity index (χ0v) is 8.63. The molecule has 0 aliphatic carbocycles. The lowest BCUT2D eigenvalue weighted by Gasteiger charge is -2.27. The van der Waals surface area contributed by atoms with Crippen molar-refractivity contribution in [3.05, 3.63) is 12.7 Å². The van der Waals surface area contributed by atoms with Gasteiger partial charge in [-0.2, -0.15) is 0 Å². The van der Waals surface area contributed by atoms with Gasteiger partial charge >= 0.3 is 0 Å². The Kier molecular flexibility index (Phi) is 6.03. The summed E-state index contributed by atoms with van der Waals surface area (Å²) in [5, 5.41) is 3.24. The van der Waals surface area contributed by atoms with Crippen molar-refractivity contribution in [1.29, 1.82) is 0 Å². The van der Waals surface area contributed by atoms with Crippen LogP contribution in [0.4, 0.5) is 0 Å². The van der Waals surface area contributed by atoms with Crippen molar-refractivity contribution in [3.8, 4) is 0 Å². The second-order valence-electron chi connectivity index (χ2n) is 3.36. The van der Waals surface area contributed by atoms with Crippen molar-refractivity contribution in [2.75, 3.05) is 14.2 Å². The van der Waals surface area contributed by atoms with Gasteiger partial charge in [-0.25, -0.2) is 0 Å². The molecule has 2 heteroatoms. The zero-order valence-electron chi connectivity index (χ0n) is 8.63. The number of methoxy groups -OCH3 is 1. The Morgan fingerprint density at radius 2 is 2.08 bits per heavy atom. The summed E-state index contributed by atoms with van der Waals surface area (Å²) in [6, 6.07) is 0.382. The van der Waals surface area contributed by atoms with Crippen LogP contribution in [0, 0.1) is 5.92 Å². The first-order chi connectivity index (χ1) is 5.67. The van der Waals surface area contributed by atoms with Gasteiger partial charge in [-0.1, -0.05) is 19.9 Å². The molecule has 12 heavy (non-hydrogen) atoms. The standard InChI is InChI=1S/C10H21NO/c1-6-7-9(11-4)10(12-5)8(2)3/h6,8-11H,1,7H2,2-5H3. The Morgan fingerprint density at radius 3 is 2.33 bits per heavy atom. The van der Waals surface area contributed by atoms with Gasteiger partial charge in [0.25, 0.3) is 0 Å². The highest BCUT2D eigenvalue weighted by atomic mass is 16.5. The van der Waals surface area contributed by atoms with Gasteiger partial charge in [-0.05, 0) is 19.4 Å². The fourth-order valence-corrected chi connectivity index (χ4v) is 1.50. The second-order valence-corrected chi connectivity index (χ2v) is 3.36. The average molecular weight is 171 g/mol. The van der Waals surface area contributed by atoms with E-state index in [1.54, 1.807) is 7.11 Å². The molecule has 0 aliphatic heterocycles. The lowest BCUT2D eigenvalue weighted by Crippen LogP contribution is -2.41. The highest BCUT2D eigenvalue weighted by Crippen LogP contribution is 2.12. The van der Waals surface area contributed by atoms with Crippen LogP contribution in [0.1, 0.15) is 20.3 Å². The minimum Gasteiger partial charge on any atom is -0.380 e. The Labute approximate surface area is 76.0 Å². The van der Waals surface area contributed by atoms with E-state index in [0.717, 1.165) is 6.42 Å². The predicted molar refractivity (Wildman–Crippen MR) is 53.3 cm³/mol. The van der Waals surface area contributed by atoms with Crippen molar-refractivity contribution in [3.63, 3.8) is 0 Å². The number of ether oxygens (including phenoxy) is 1. The molecule has 0 saturated heterocycles. The molecule has 0 spiro atoms. The van der Waals surface area contributed by atoms with Crippen LogP contribution < -0.4 is 5.32 Å².